The minimum absolute atomic E-state index is 0.534. The summed E-state index contributed by atoms with van der Waals surface area (Å²) < 4.78 is 11.1. The third-order valence-corrected chi connectivity index (χ3v) is 4.04. The monoisotopic (exact) mass is 339 g/mol. The number of benzene rings is 1. The maximum absolute atomic E-state index is 5.64. The van der Waals surface area contributed by atoms with Gasteiger partial charge in [0.2, 0.25) is 5.88 Å². The van der Waals surface area contributed by atoms with Crippen molar-refractivity contribution in [2.45, 2.75) is 20.4 Å². The van der Waals surface area contributed by atoms with Crippen molar-refractivity contribution < 1.29 is 9.47 Å². The zero-order valence-corrected chi connectivity index (χ0v) is 14.9. The fourth-order valence-electron chi connectivity index (χ4n) is 2.85. The number of rotatable bonds is 6. The first kappa shape index (κ1) is 17.4. The Bertz CT molecular complexity index is 725. The van der Waals surface area contributed by atoms with E-state index < -0.39 is 0 Å². The Labute approximate surface area is 149 Å². The highest BCUT2D eigenvalue weighted by Crippen LogP contribution is 2.22. The van der Waals surface area contributed by atoms with Crippen LogP contribution in [0.1, 0.15) is 23.7 Å². The summed E-state index contributed by atoms with van der Waals surface area (Å²) in [5.74, 6) is 0.659. The molecule has 1 aliphatic rings. The maximum Gasteiger partial charge on any atom is 0.215 e. The van der Waals surface area contributed by atoms with E-state index in [-0.39, 0.29) is 0 Å². The Kier molecular flexibility index (Phi) is 6.01. The van der Waals surface area contributed by atoms with Gasteiger partial charge in [-0.05, 0) is 25.5 Å². The number of aryl methyl sites for hydroxylation is 1. The highest BCUT2D eigenvalue weighted by Gasteiger charge is 2.13. The molecule has 1 saturated heterocycles. The first-order chi connectivity index (χ1) is 12.2. The van der Waals surface area contributed by atoms with Crippen molar-refractivity contribution >= 4 is 11.9 Å². The molecule has 0 saturated carbocycles. The van der Waals surface area contributed by atoms with Crippen LogP contribution in [0, 0.1) is 6.92 Å². The number of pyridine rings is 1. The molecule has 0 spiro atoms. The van der Waals surface area contributed by atoms with Crippen molar-refractivity contribution in [1.82, 2.24) is 4.98 Å². The quantitative estimate of drug-likeness (QED) is 0.758. The Morgan fingerprint density at radius 3 is 2.84 bits per heavy atom. The summed E-state index contributed by atoms with van der Waals surface area (Å²) in [5.41, 5.74) is 4.38. The third-order valence-electron chi connectivity index (χ3n) is 4.04. The zero-order valence-electron chi connectivity index (χ0n) is 14.9. The number of aromatic nitrogens is 1. The standard InChI is InChI=1S/C20H25N3O2/c1-3-25-20-13-19(23-7-9-24-10-8-23)12-18(22-20)15-21-14-17-6-4-5-16(2)11-17/h4-6,11-14H,3,7-10,15H2,1-2H3. The molecule has 5 heteroatoms. The lowest BCUT2D eigenvalue weighted by molar-refractivity contribution is 0.122. The predicted octanol–water partition coefficient (Wildman–Crippen LogP) is 3.24. The maximum atomic E-state index is 5.64. The Morgan fingerprint density at radius 2 is 2.08 bits per heavy atom. The lowest BCUT2D eigenvalue weighted by Crippen LogP contribution is -2.36. The van der Waals surface area contributed by atoms with Gasteiger partial charge in [-0.1, -0.05) is 29.8 Å². The molecule has 1 aliphatic heterocycles. The normalized spacial score (nSPS) is 14.9. The molecule has 1 aromatic carbocycles. The molecular formula is C20H25N3O2. The van der Waals surface area contributed by atoms with E-state index in [1.165, 1.54) is 5.56 Å². The van der Waals surface area contributed by atoms with Gasteiger partial charge in [-0.15, -0.1) is 0 Å². The van der Waals surface area contributed by atoms with E-state index in [2.05, 4.69) is 46.1 Å². The number of nitrogens with zero attached hydrogens (tertiary/aromatic N) is 3. The van der Waals surface area contributed by atoms with Gasteiger partial charge in [0.1, 0.15) is 0 Å². The van der Waals surface area contributed by atoms with Crippen molar-refractivity contribution in [3.8, 4) is 5.88 Å². The molecule has 0 unspecified atom stereocenters. The lowest BCUT2D eigenvalue weighted by atomic mass is 10.1. The molecule has 2 aromatic rings. The molecule has 25 heavy (non-hydrogen) atoms. The Morgan fingerprint density at radius 1 is 1.24 bits per heavy atom. The van der Waals surface area contributed by atoms with Crippen molar-refractivity contribution in [1.29, 1.82) is 0 Å². The highest BCUT2D eigenvalue weighted by molar-refractivity contribution is 5.79. The van der Waals surface area contributed by atoms with Gasteiger partial charge in [-0.3, -0.25) is 4.99 Å². The zero-order chi connectivity index (χ0) is 17.5. The minimum atomic E-state index is 0.534. The molecular weight excluding hydrogens is 314 g/mol. The molecule has 0 atom stereocenters. The first-order valence-corrected chi connectivity index (χ1v) is 8.77. The average molecular weight is 339 g/mol. The minimum Gasteiger partial charge on any atom is -0.478 e. The number of morpholine rings is 1. The summed E-state index contributed by atoms with van der Waals surface area (Å²) in [6, 6.07) is 12.4. The second-order valence-corrected chi connectivity index (χ2v) is 6.07. The molecule has 0 amide bonds. The van der Waals surface area contributed by atoms with Crippen LogP contribution in [0.25, 0.3) is 0 Å². The Hall–Kier alpha value is -2.40. The van der Waals surface area contributed by atoms with Gasteiger partial charge in [-0.25, -0.2) is 4.98 Å². The van der Waals surface area contributed by atoms with Crippen LogP contribution in [-0.2, 0) is 11.3 Å². The number of anilines is 1. The predicted molar refractivity (Wildman–Crippen MR) is 101 cm³/mol. The topological polar surface area (TPSA) is 47.0 Å². The van der Waals surface area contributed by atoms with Crippen LogP contribution < -0.4 is 9.64 Å². The molecule has 1 fully saturated rings. The summed E-state index contributed by atoms with van der Waals surface area (Å²) in [6.07, 6.45) is 1.90. The summed E-state index contributed by atoms with van der Waals surface area (Å²) in [5, 5.41) is 0. The van der Waals surface area contributed by atoms with Crippen LogP contribution in [0.2, 0.25) is 0 Å². The van der Waals surface area contributed by atoms with Crippen LogP contribution >= 0.6 is 0 Å². The van der Waals surface area contributed by atoms with Crippen molar-refractivity contribution in [2.24, 2.45) is 4.99 Å². The largest absolute Gasteiger partial charge is 0.478 e. The van der Waals surface area contributed by atoms with Gasteiger partial charge in [0, 0.05) is 31.1 Å². The van der Waals surface area contributed by atoms with Crippen LogP contribution in [-0.4, -0.2) is 44.1 Å². The van der Waals surface area contributed by atoms with Crippen molar-refractivity contribution in [3.05, 3.63) is 53.2 Å². The number of aliphatic imine (C=N–C) groups is 1. The summed E-state index contributed by atoms with van der Waals surface area (Å²) in [4.78, 5) is 11.4. The average Bonchev–Trinajstić information content (AvgIpc) is 2.63. The second-order valence-electron chi connectivity index (χ2n) is 6.07. The second kappa shape index (κ2) is 8.62. The number of hydrogen-bond donors (Lipinski definition) is 0. The van der Waals surface area contributed by atoms with Gasteiger partial charge in [0.15, 0.2) is 0 Å². The van der Waals surface area contributed by atoms with Gasteiger partial charge in [0.25, 0.3) is 0 Å². The van der Waals surface area contributed by atoms with Gasteiger partial charge in [0.05, 0.1) is 32.1 Å². The summed E-state index contributed by atoms with van der Waals surface area (Å²) in [6.45, 7) is 8.49. The molecule has 5 nitrogen and oxygen atoms in total. The van der Waals surface area contributed by atoms with Crippen LogP contribution in [0.4, 0.5) is 5.69 Å². The van der Waals surface area contributed by atoms with Gasteiger partial charge in [-0.2, -0.15) is 0 Å². The van der Waals surface area contributed by atoms with E-state index in [9.17, 15) is 0 Å². The number of ether oxygens (including phenoxy) is 2. The number of hydrogen-bond acceptors (Lipinski definition) is 5. The molecule has 1 aromatic heterocycles. The first-order valence-electron chi connectivity index (χ1n) is 8.77. The Balaban J connectivity index is 1.75. The lowest BCUT2D eigenvalue weighted by Gasteiger charge is -2.29. The van der Waals surface area contributed by atoms with E-state index in [1.807, 2.05) is 25.3 Å². The molecule has 2 heterocycles. The summed E-state index contributed by atoms with van der Waals surface area (Å²) >= 11 is 0. The third kappa shape index (κ3) is 5.03. The molecule has 3 rings (SSSR count). The fraction of sp³-hybridized carbons (Fsp3) is 0.400. The smallest absolute Gasteiger partial charge is 0.215 e. The molecule has 0 bridgehead atoms. The van der Waals surface area contributed by atoms with Gasteiger partial charge >= 0.3 is 0 Å². The summed E-state index contributed by atoms with van der Waals surface area (Å²) in [7, 11) is 0. The van der Waals surface area contributed by atoms with Crippen LogP contribution in [0.5, 0.6) is 5.88 Å². The van der Waals surface area contributed by atoms with Crippen molar-refractivity contribution in [3.63, 3.8) is 0 Å². The molecule has 0 radical (unpaired) electrons. The molecule has 0 N–H and O–H groups in total. The van der Waals surface area contributed by atoms with E-state index in [0.29, 0.717) is 19.0 Å². The van der Waals surface area contributed by atoms with Crippen molar-refractivity contribution in [2.75, 3.05) is 37.8 Å². The van der Waals surface area contributed by atoms with E-state index in [1.54, 1.807) is 0 Å². The van der Waals surface area contributed by atoms with E-state index in [4.69, 9.17) is 9.47 Å². The van der Waals surface area contributed by atoms with Crippen LogP contribution in [0.15, 0.2) is 41.4 Å². The van der Waals surface area contributed by atoms with E-state index >= 15 is 0 Å². The molecule has 0 aliphatic carbocycles. The van der Waals surface area contributed by atoms with E-state index in [0.717, 1.165) is 43.2 Å². The SMILES string of the molecule is CCOc1cc(N2CCOCC2)cc(CN=Cc2cccc(C)c2)n1. The fourth-order valence-corrected chi connectivity index (χ4v) is 2.85. The molecule has 132 valence electrons. The highest BCUT2D eigenvalue weighted by atomic mass is 16.5. The van der Waals surface area contributed by atoms with Crippen LogP contribution in [0.3, 0.4) is 0 Å². The van der Waals surface area contributed by atoms with Gasteiger partial charge < -0.3 is 14.4 Å².